The largest absolute Gasteiger partial charge is 0.507 e. The molecule has 2 saturated heterocycles. The van der Waals surface area contributed by atoms with Crippen molar-refractivity contribution in [1.82, 2.24) is 0 Å². The van der Waals surface area contributed by atoms with Crippen LogP contribution in [0.4, 0.5) is 0 Å². The highest BCUT2D eigenvalue weighted by molar-refractivity contribution is 6.05. The number of aliphatic hydroxyl groups excluding tert-OH is 7. The number of fused-ring (bicyclic) bond motifs is 1. The fourth-order valence-electron chi connectivity index (χ4n) is 5.07. The highest BCUT2D eigenvalue weighted by Gasteiger charge is 2.48. The molecule has 3 aliphatic heterocycles. The number of hydrogen-bond donors (Lipinski definition) is 10. The van der Waals surface area contributed by atoms with Gasteiger partial charge in [0.15, 0.2) is 30.0 Å². The number of benzene rings is 2. The molecule has 0 bridgehead atoms. The van der Waals surface area contributed by atoms with Crippen molar-refractivity contribution < 1.29 is 79.5 Å². The Kier molecular flexibility index (Phi) is 8.70. The van der Waals surface area contributed by atoms with Gasteiger partial charge in [0.2, 0.25) is 12.1 Å². The normalized spacial score (nSPS) is 37.8. The van der Waals surface area contributed by atoms with Crippen LogP contribution in [0.15, 0.2) is 30.3 Å². The molecular formula is C27H32O16. The molecule has 3 heterocycles. The Morgan fingerprint density at radius 2 is 1.42 bits per heavy atom. The molecule has 0 aromatic heterocycles. The number of phenolic OH excluding ortho intramolecular Hbond substituents is 3. The Hall–Kier alpha value is -3.29. The Bertz CT molecular complexity index is 1340. The van der Waals surface area contributed by atoms with E-state index >= 15 is 0 Å². The second-order valence-electron chi connectivity index (χ2n) is 10.6. The minimum absolute atomic E-state index is 0.127. The quantitative estimate of drug-likeness (QED) is 0.151. The highest BCUT2D eigenvalue weighted by Crippen LogP contribution is 2.43. The lowest BCUT2D eigenvalue weighted by Gasteiger charge is -2.42. The minimum Gasteiger partial charge on any atom is -0.507 e. The summed E-state index contributed by atoms with van der Waals surface area (Å²) in [6.45, 7) is 0.906. The number of carbonyl (C=O) groups excluding carboxylic acids is 1. The van der Waals surface area contributed by atoms with Gasteiger partial charge in [-0.1, -0.05) is 6.07 Å². The molecule has 12 unspecified atom stereocenters. The van der Waals surface area contributed by atoms with E-state index in [1.165, 1.54) is 13.0 Å². The molecule has 3 aliphatic rings. The number of Topliss-reactive ketones (excluding diaryl/α,β-unsaturated/α-hetero) is 1. The predicted octanol–water partition coefficient (Wildman–Crippen LogP) is -2.49. The number of hydrogen-bond acceptors (Lipinski definition) is 16. The van der Waals surface area contributed by atoms with Crippen molar-refractivity contribution in [2.45, 2.75) is 80.5 Å². The van der Waals surface area contributed by atoms with Gasteiger partial charge in [-0.25, -0.2) is 0 Å². The molecule has 2 fully saturated rings. The first-order chi connectivity index (χ1) is 20.3. The van der Waals surface area contributed by atoms with Gasteiger partial charge in [-0.3, -0.25) is 4.79 Å². The van der Waals surface area contributed by atoms with Crippen LogP contribution in [0.2, 0.25) is 0 Å². The first-order valence-electron chi connectivity index (χ1n) is 13.2. The Labute approximate surface area is 243 Å². The van der Waals surface area contributed by atoms with Gasteiger partial charge in [-0.2, -0.15) is 0 Å². The minimum atomic E-state index is -1.82. The smallest absolute Gasteiger partial charge is 0.229 e. The van der Waals surface area contributed by atoms with E-state index in [2.05, 4.69) is 0 Å². The molecule has 0 aliphatic carbocycles. The average molecular weight is 613 g/mol. The summed E-state index contributed by atoms with van der Waals surface area (Å²) in [6, 6.07) is 5.64. The lowest BCUT2D eigenvalue weighted by Crippen LogP contribution is -2.61. The van der Waals surface area contributed by atoms with Crippen molar-refractivity contribution in [1.29, 1.82) is 0 Å². The molecule has 236 valence electrons. The van der Waals surface area contributed by atoms with Crippen LogP contribution in [0, 0.1) is 0 Å². The first kappa shape index (κ1) is 31.1. The van der Waals surface area contributed by atoms with Gasteiger partial charge >= 0.3 is 0 Å². The Morgan fingerprint density at radius 1 is 0.744 bits per heavy atom. The maximum atomic E-state index is 12.9. The first-order valence-corrected chi connectivity index (χ1v) is 13.2. The number of carbonyl (C=O) groups is 1. The molecule has 10 N–H and O–H groups in total. The molecule has 0 spiro atoms. The molecule has 0 amide bonds. The van der Waals surface area contributed by atoms with Crippen LogP contribution < -0.4 is 9.47 Å². The average Bonchev–Trinajstić information content (AvgIpc) is 2.97. The van der Waals surface area contributed by atoms with E-state index < -0.39 is 103 Å². The van der Waals surface area contributed by atoms with Crippen LogP contribution >= 0.6 is 0 Å². The van der Waals surface area contributed by atoms with Crippen molar-refractivity contribution in [2.24, 2.45) is 0 Å². The van der Waals surface area contributed by atoms with Crippen LogP contribution in [0.25, 0.3) is 0 Å². The number of ketones is 1. The molecule has 0 radical (unpaired) electrons. The van der Waals surface area contributed by atoms with E-state index in [9.17, 15) is 55.9 Å². The number of ether oxygens (including phenoxy) is 5. The molecule has 5 rings (SSSR count). The zero-order chi connectivity index (χ0) is 31.3. The third-order valence-electron chi connectivity index (χ3n) is 7.59. The van der Waals surface area contributed by atoms with Crippen molar-refractivity contribution in [3.63, 3.8) is 0 Å². The van der Waals surface area contributed by atoms with Gasteiger partial charge < -0.3 is 74.7 Å². The topological polar surface area (TPSA) is 266 Å². The summed E-state index contributed by atoms with van der Waals surface area (Å²) in [4.78, 5) is 12.9. The molecule has 16 heteroatoms. The predicted molar refractivity (Wildman–Crippen MR) is 137 cm³/mol. The second-order valence-corrected chi connectivity index (χ2v) is 10.6. The maximum Gasteiger partial charge on any atom is 0.229 e. The van der Waals surface area contributed by atoms with Gasteiger partial charge in [0.05, 0.1) is 12.7 Å². The van der Waals surface area contributed by atoms with Crippen molar-refractivity contribution >= 4 is 5.78 Å². The van der Waals surface area contributed by atoms with Gasteiger partial charge in [0.1, 0.15) is 65.5 Å². The van der Waals surface area contributed by atoms with Crippen molar-refractivity contribution in [3.05, 3.63) is 41.5 Å². The molecule has 12 atom stereocenters. The number of phenols is 3. The van der Waals surface area contributed by atoms with Crippen LogP contribution in [0.5, 0.6) is 28.7 Å². The van der Waals surface area contributed by atoms with E-state index in [-0.39, 0.29) is 22.6 Å². The molecule has 16 nitrogen and oxygen atoms in total. The van der Waals surface area contributed by atoms with Gasteiger partial charge in [0.25, 0.3) is 0 Å². The molecule has 2 aromatic rings. The highest BCUT2D eigenvalue weighted by atomic mass is 16.7. The van der Waals surface area contributed by atoms with E-state index in [0.717, 1.165) is 24.3 Å². The lowest BCUT2D eigenvalue weighted by molar-refractivity contribution is -0.318. The summed E-state index contributed by atoms with van der Waals surface area (Å²) in [5.74, 6) is -3.00. The zero-order valence-electron chi connectivity index (χ0n) is 22.4. The molecule has 43 heavy (non-hydrogen) atoms. The third-order valence-corrected chi connectivity index (χ3v) is 7.59. The van der Waals surface area contributed by atoms with E-state index in [1.54, 1.807) is 0 Å². The Morgan fingerprint density at radius 3 is 2.12 bits per heavy atom. The molecule has 2 aromatic carbocycles. The van der Waals surface area contributed by atoms with Gasteiger partial charge in [-0.15, -0.1) is 0 Å². The summed E-state index contributed by atoms with van der Waals surface area (Å²) >= 11 is 0. The molecular weight excluding hydrogens is 580 g/mol. The van der Waals surface area contributed by atoms with Crippen LogP contribution in [-0.2, 0) is 14.2 Å². The second kappa shape index (κ2) is 12.0. The number of aliphatic hydroxyl groups is 7. The SMILES string of the molecule is CC1OC(OCC2OC(Oc3cc(O)c4c(c3)OC(c3ccc(O)c(O)c3)C(O)C4=O)C(O)C(O)C2O)C(O)C(O)C1O. The molecule has 0 saturated carbocycles. The Balaban J connectivity index is 1.33. The van der Waals surface area contributed by atoms with Crippen LogP contribution in [0.3, 0.4) is 0 Å². The van der Waals surface area contributed by atoms with Crippen LogP contribution in [-0.4, -0.2) is 131 Å². The third kappa shape index (κ3) is 5.82. The summed E-state index contributed by atoms with van der Waals surface area (Å²) < 4.78 is 27.7. The van der Waals surface area contributed by atoms with Gasteiger partial charge in [0, 0.05) is 12.1 Å². The summed E-state index contributed by atoms with van der Waals surface area (Å²) in [5.41, 5.74) is -0.249. The maximum absolute atomic E-state index is 12.9. The standard InChI is InChI=1S/C27H32O16/c1-8-17(31)20(34)23(37)26(40-8)39-7-15-18(32)21(35)24(38)27(43-15)41-10-5-13(30)16-14(6-10)42-25(22(36)19(16)33)9-2-3-11(28)12(29)4-9/h2-6,8,15,17-18,20-32,34-38H,7H2,1H3. The lowest BCUT2D eigenvalue weighted by atomic mass is 9.92. The fraction of sp³-hybridized carbons (Fsp3) is 0.519. The monoisotopic (exact) mass is 612 g/mol. The van der Waals surface area contributed by atoms with E-state index in [1.807, 2.05) is 0 Å². The van der Waals surface area contributed by atoms with Crippen LogP contribution in [0.1, 0.15) is 28.9 Å². The summed E-state index contributed by atoms with van der Waals surface area (Å²) in [7, 11) is 0. The van der Waals surface area contributed by atoms with Crippen molar-refractivity contribution in [2.75, 3.05) is 6.61 Å². The van der Waals surface area contributed by atoms with Gasteiger partial charge in [-0.05, 0) is 24.6 Å². The zero-order valence-corrected chi connectivity index (χ0v) is 22.4. The summed E-state index contributed by atoms with van der Waals surface area (Å²) in [6.07, 6.45) is -18.5. The number of aromatic hydroxyl groups is 3. The summed E-state index contributed by atoms with van der Waals surface area (Å²) in [5, 5.41) is 102. The number of rotatable bonds is 6. The van der Waals surface area contributed by atoms with E-state index in [0.29, 0.717) is 0 Å². The van der Waals surface area contributed by atoms with Crippen molar-refractivity contribution in [3.8, 4) is 28.7 Å². The van der Waals surface area contributed by atoms with E-state index in [4.69, 9.17) is 23.7 Å². The fourth-order valence-corrected chi connectivity index (χ4v) is 5.07.